The third-order valence-corrected chi connectivity index (χ3v) is 9.33. The zero-order valence-corrected chi connectivity index (χ0v) is 22.2. The number of H-pyrrole nitrogens is 1. The van der Waals surface area contributed by atoms with Crippen LogP contribution in [0.2, 0.25) is 10.0 Å². The molecule has 4 aromatic rings. The monoisotopic (exact) mass is 568 g/mol. The van der Waals surface area contributed by atoms with Crippen LogP contribution in [0.5, 0.6) is 5.75 Å². The molecule has 0 aliphatic carbocycles. The van der Waals surface area contributed by atoms with E-state index in [0.29, 0.717) is 26.5 Å². The lowest BCUT2D eigenvalue weighted by Gasteiger charge is -2.30. The van der Waals surface area contributed by atoms with Crippen molar-refractivity contribution in [2.45, 2.75) is 22.8 Å². The largest absolute Gasteiger partial charge is 0.489 e. The highest BCUT2D eigenvalue weighted by Gasteiger charge is 2.56. The molecule has 3 unspecified atom stereocenters. The average molecular weight is 569 g/mol. The number of thioether (sulfide) groups is 1. The third-order valence-electron chi connectivity index (χ3n) is 6.45. The Kier molecular flexibility index (Phi) is 6.36. The van der Waals surface area contributed by atoms with Crippen LogP contribution in [0.3, 0.4) is 0 Å². The van der Waals surface area contributed by atoms with Crippen LogP contribution in [0.4, 0.5) is 5.69 Å². The summed E-state index contributed by atoms with van der Waals surface area (Å²) in [5, 5.41) is 1.05. The highest BCUT2D eigenvalue weighted by atomic mass is 35.5. The number of hydrogen-bond donors (Lipinski definition) is 1. The van der Waals surface area contributed by atoms with Crippen molar-refractivity contribution in [3.8, 4) is 5.75 Å². The van der Waals surface area contributed by atoms with E-state index in [1.807, 2.05) is 42.5 Å². The average Bonchev–Trinajstić information content (AvgIpc) is 3.38. The minimum Gasteiger partial charge on any atom is -0.489 e. The van der Waals surface area contributed by atoms with E-state index < -0.39 is 17.1 Å². The Balaban J connectivity index is 1.42. The van der Waals surface area contributed by atoms with Crippen LogP contribution >= 0.6 is 46.3 Å². The summed E-state index contributed by atoms with van der Waals surface area (Å²) in [6.07, 6.45) is 0. The highest BCUT2D eigenvalue weighted by Crippen LogP contribution is 2.54. The molecule has 6 rings (SSSR count). The van der Waals surface area contributed by atoms with Crippen molar-refractivity contribution in [2.24, 2.45) is 5.92 Å². The number of nitrogens with one attached hydrogen (secondary N) is 1. The van der Waals surface area contributed by atoms with Crippen LogP contribution in [0.1, 0.15) is 21.9 Å². The molecule has 3 heterocycles. The van der Waals surface area contributed by atoms with E-state index in [-0.39, 0.29) is 23.3 Å². The van der Waals surface area contributed by atoms with Gasteiger partial charge in [-0.15, -0.1) is 0 Å². The number of fused-ring (bicyclic) bond motifs is 2. The number of aromatic amines is 1. The van der Waals surface area contributed by atoms with Crippen molar-refractivity contribution in [3.63, 3.8) is 0 Å². The van der Waals surface area contributed by atoms with E-state index in [2.05, 4.69) is 4.98 Å². The van der Waals surface area contributed by atoms with Crippen molar-refractivity contribution in [1.82, 2.24) is 4.98 Å². The zero-order valence-electron chi connectivity index (χ0n) is 19.0. The smallest absolute Gasteiger partial charge is 0.305 e. The first-order valence-electron chi connectivity index (χ1n) is 11.4. The number of aromatic nitrogens is 1. The Bertz CT molecular complexity index is 1580. The Morgan fingerprint density at radius 1 is 0.892 bits per heavy atom. The molecule has 186 valence electrons. The number of carbonyl (C=O) groups excluding carboxylic acids is 2. The van der Waals surface area contributed by atoms with Gasteiger partial charge in [0, 0.05) is 26.4 Å². The van der Waals surface area contributed by atoms with Gasteiger partial charge in [-0.05, 0) is 48.0 Å². The Labute approximate surface area is 230 Å². The predicted octanol–water partition coefficient (Wildman–Crippen LogP) is 6.12. The summed E-state index contributed by atoms with van der Waals surface area (Å²) < 4.78 is 6.21. The van der Waals surface area contributed by atoms with E-state index >= 15 is 0 Å². The van der Waals surface area contributed by atoms with Crippen LogP contribution < -0.4 is 14.5 Å². The van der Waals surface area contributed by atoms with Crippen molar-refractivity contribution in [2.75, 3.05) is 4.90 Å². The molecule has 1 fully saturated rings. The second kappa shape index (κ2) is 9.68. The molecule has 3 aromatic carbocycles. The quantitative estimate of drug-likeness (QED) is 0.293. The molecular weight excluding hydrogens is 551 g/mol. The van der Waals surface area contributed by atoms with Gasteiger partial charge in [-0.2, -0.15) is 0 Å². The van der Waals surface area contributed by atoms with Crippen LogP contribution in [0, 0.1) is 5.92 Å². The first-order valence-corrected chi connectivity index (χ1v) is 13.8. The van der Waals surface area contributed by atoms with Crippen molar-refractivity contribution >= 4 is 63.8 Å². The number of amides is 2. The molecule has 0 saturated carbocycles. The number of para-hydroxylation sites is 1. The summed E-state index contributed by atoms with van der Waals surface area (Å²) in [4.78, 5) is 44.4. The molecule has 1 saturated heterocycles. The number of carbonyl (C=O) groups is 2. The standard InChI is InChI=1S/C27H18Cl2N2O4S2/c28-15-8-10-17(11-9-15)31-25(32)21-20(22-24(30-27(34)37-22)36-23(21)26(31)33)18-6-1-2-7-19(18)35-13-14-4-3-5-16(29)12-14/h1-12,20-21,23H,13H2,(H,30,34). The summed E-state index contributed by atoms with van der Waals surface area (Å²) in [6.45, 7) is 0.271. The zero-order chi connectivity index (χ0) is 25.7. The number of benzene rings is 3. The number of hydrogen-bond acceptors (Lipinski definition) is 6. The number of thiazole rings is 1. The molecule has 0 radical (unpaired) electrons. The van der Waals surface area contributed by atoms with Crippen LogP contribution in [0.15, 0.2) is 82.6 Å². The predicted molar refractivity (Wildman–Crippen MR) is 146 cm³/mol. The number of anilines is 1. The summed E-state index contributed by atoms with van der Waals surface area (Å²) in [7, 11) is 0. The molecule has 0 spiro atoms. The van der Waals surface area contributed by atoms with E-state index in [0.717, 1.165) is 27.3 Å². The number of ether oxygens (including phenoxy) is 1. The molecule has 2 aliphatic heterocycles. The topological polar surface area (TPSA) is 79.5 Å². The molecule has 1 N–H and O–H groups in total. The van der Waals surface area contributed by atoms with E-state index in [4.69, 9.17) is 27.9 Å². The van der Waals surface area contributed by atoms with Gasteiger partial charge in [-0.25, -0.2) is 4.90 Å². The van der Waals surface area contributed by atoms with Gasteiger partial charge in [0.05, 0.1) is 16.6 Å². The molecule has 2 amide bonds. The fraction of sp³-hybridized carbons (Fsp3) is 0.148. The highest BCUT2D eigenvalue weighted by molar-refractivity contribution is 8.00. The van der Waals surface area contributed by atoms with Gasteiger partial charge < -0.3 is 9.72 Å². The van der Waals surface area contributed by atoms with Gasteiger partial charge in [0.1, 0.15) is 17.6 Å². The maximum atomic E-state index is 13.9. The number of imide groups is 1. The number of nitrogens with zero attached hydrogens (tertiary/aromatic N) is 1. The lowest BCUT2D eigenvalue weighted by Crippen LogP contribution is -2.32. The van der Waals surface area contributed by atoms with Crippen LogP contribution in [-0.4, -0.2) is 22.0 Å². The van der Waals surface area contributed by atoms with E-state index in [9.17, 15) is 14.4 Å². The molecule has 6 nitrogen and oxygen atoms in total. The van der Waals surface area contributed by atoms with Gasteiger partial charge >= 0.3 is 4.87 Å². The van der Waals surface area contributed by atoms with Crippen LogP contribution in [-0.2, 0) is 16.2 Å². The fourth-order valence-corrected chi connectivity index (χ4v) is 7.70. The first kappa shape index (κ1) is 24.3. The Morgan fingerprint density at radius 2 is 1.68 bits per heavy atom. The molecule has 37 heavy (non-hydrogen) atoms. The minimum atomic E-state index is -0.706. The van der Waals surface area contributed by atoms with Gasteiger partial charge in [0.15, 0.2) is 0 Å². The van der Waals surface area contributed by atoms with Crippen LogP contribution in [0.25, 0.3) is 0 Å². The van der Waals surface area contributed by atoms with E-state index in [1.54, 1.807) is 30.3 Å². The summed E-state index contributed by atoms with van der Waals surface area (Å²) in [5.74, 6) is -1.29. The fourth-order valence-electron chi connectivity index (χ4n) is 4.85. The lowest BCUT2D eigenvalue weighted by molar-refractivity contribution is -0.122. The molecule has 10 heteroatoms. The van der Waals surface area contributed by atoms with E-state index in [1.165, 1.54) is 16.7 Å². The summed E-state index contributed by atoms with van der Waals surface area (Å²) in [5.41, 5.74) is 2.11. The molecule has 2 aliphatic rings. The van der Waals surface area contributed by atoms with Crippen molar-refractivity contribution in [1.29, 1.82) is 0 Å². The number of rotatable bonds is 5. The van der Waals surface area contributed by atoms with Gasteiger partial charge in [0.25, 0.3) is 0 Å². The Hall–Kier alpha value is -3.04. The SMILES string of the molecule is O=C1C2Sc3[nH]c(=O)sc3C(c3ccccc3OCc3cccc(Cl)c3)C2C(=O)N1c1ccc(Cl)cc1. The summed E-state index contributed by atoms with van der Waals surface area (Å²) in [6, 6.07) is 21.5. The van der Waals surface area contributed by atoms with Gasteiger partial charge in [-0.3, -0.25) is 14.4 Å². The second-order valence-corrected chi connectivity index (χ2v) is 11.7. The minimum absolute atomic E-state index is 0.228. The van der Waals surface area contributed by atoms with Gasteiger partial charge in [-0.1, -0.05) is 76.6 Å². The maximum absolute atomic E-state index is 13.9. The normalized spacial score (nSPS) is 20.6. The van der Waals surface area contributed by atoms with Gasteiger partial charge in [0.2, 0.25) is 11.8 Å². The summed E-state index contributed by atoms with van der Waals surface area (Å²) >= 11 is 14.5. The lowest BCUT2D eigenvalue weighted by atomic mass is 9.82. The maximum Gasteiger partial charge on any atom is 0.305 e. The molecule has 3 atom stereocenters. The Morgan fingerprint density at radius 3 is 2.46 bits per heavy atom. The molecule has 0 bridgehead atoms. The molecule has 1 aromatic heterocycles. The number of halogens is 2. The second-order valence-electron chi connectivity index (χ2n) is 8.69. The first-order chi connectivity index (χ1) is 17.9. The molecular formula is C27H18Cl2N2O4S2. The third kappa shape index (κ3) is 4.38. The van der Waals surface area contributed by atoms with Crippen molar-refractivity contribution in [3.05, 3.63) is 109 Å². The van der Waals surface area contributed by atoms with Crippen molar-refractivity contribution < 1.29 is 14.3 Å².